The molecule has 0 aliphatic carbocycles. The predicted octanol–water partition coefficient (Wildman–Crippen LogP) is 6.95. The molecule has 2 aliphatic rings. The van der Waals surface area contributed by atoms with Crippen molar-refractivity contribution in [1.82, 2.24) is 20.0 Å². The highest BCUT2D eigenvalue weighted by Crippen LogP contribution is 2.40. The van der Waals surface area contributed by atoms with Gasteiger partial charge in [-0.2, -0.15) is 10.4 Å². The van der Waals surface area contributed by atoms with Crippen LogP contribution >= 0.6 is 0 Å². The number of piperidine rings is 1. The van der Waals surface area contributed by atoms with Crippen molar-refractivity contribution in [2.75, 3.05) is 0 Å². The Balaban J connectivity index is 1.35. The average Bonchev–Trinajstić information content (AvgIpc) is 3.50. The summed E-state index contributed by atoms with van der Waals surface area (Å²) in [7, 11) is 0. The number of nitrogens with one attached hydrogen (secondary N) is 1. The van der Waals surface area contributed by atoms with Crippen LogP contribution in [-0.2, 0) is 11.3 Å². The SMILES string of the molecule is CC(C)(O)Cn1ncc2cc(-c3ccc(C(=O)N4C5CCC4CC(NC(=O)OC(C)(C)C)C5)cc3-c3ccc(C#N)c(F)c3)c(F)cc21. The second kappa shape index (κ2) is 12.3. The van der Waals surface area contributed by atoms with E-state index in [-0.39, 0.29) is 41.7 Å². The Morgan fingerprint density at radius 2 is 1.69 bits per heavy atom. The first-order chi connectivity index (χ1) is 22.6. The molecule has 250 valence electrons. The summed E-state index contributed by atoms with van der Waals surface area (Å²) in [6.07, 6.45) is 3.93. The molecule has 2 aliphatic heterocycles. The lowest BCUT2D eigenvalue weighted by molar-refractivity contribution is 0.0417. The van der Waals surface area contributed by atoms with Gasteiger partial charge in [0, 0.05) is 40.7 Å². The van der Waals surface area contributed by atoms with E-state index < -0.39 is 28.9 Å². The molecule has 2 bridgehead atoms. The molecule has 2 N–H and O–H groups in total. The number of hydrogen-bond acceptors (Lipinski definition) is 6. The Labute approximate surface area is 278 Å². The summed E-state index contributed by atoms with van der Waals surface area (Å²) in [5.41, 5.74) is 0.564. The van der Waals surface area contributed by atoms with E-state index in [2.05, 4.69) is 10.4 Å². The fraction of sp³-hybridized carbons (Fsp3) is 0.405. The number of carbonyl (C=O) groups excluding carboxylic acids is 2. The smallest absolute Gasteiger partial charge is 0.407 e. The summed E-state index contributed by atoms with van der Waals surface area (Å²) in [4.78, 5) is 28.4. The lowest BCUT2D eigenvalue weighted by Crippen LogP contribution is -2.53. The Hall–Kier alpha value is -4.82. The molecule has 6 rings (SSSR count). The molecule has 1 aromatic heterocycles. The second-order valence-corrected chi connectivity index (χ2v) is 14.5. The first kappa shape index (κ1) is 33.1. The summed E-state index contributed by atoms with van der Waals surface area (Å²) in [6.45, 7) is 8.88. The predicted molar refractivity (Wildman–Crippen MR) is 177 cm³/mol. The number of fused-ring (bicyclic) bond motifs is 3. The van der Waals surface area contributed by atoms with Gasteiger partial charge in [0.15, 0.2) is 0 Å². The third-order valence-corrected chi connectivity index (χ3v) is 8.91. The fourth-order valence-electron chi connectivity index (χ4n) is 6.97. The van der Waals surface area contributed by atoms with Gasteiger partial charge >= 0.3 is 6.09 Å². The molecule has 4 aromatic rings. The topological polar surface area (TPSA) is 120 Å². The van der Waals surface area contributed by atoms with Gasteiger partial charge in [0.1, 0.15) is 23.3 Å². The highest BCUT2D eigenvalue weighted by atomic mass is 19.1. The molecule has 3 aromatic carbocycles. The van der Waals surface area contributed by atoms with Crippen molar-refractivity contribution < 1.29 is 28.2 Å². The fourth-order valence-corrected chi connectivity index (χ4v) is 6.97. The number of hydrogen-bond donors (Lipinski definition) is 2. The maximum atomic E-state index is 15.9. The van der Waals surface area contributed by atoms with Crippen LogP contribution in [0.25, 0.3) is 33.2 Å². The van der Waals surface area contributed by atoms with Gasteiger partial charge < -0.3 is 20.1 Å². The normalized spacial score (nSPS) is 19.3. The van der Waals surface area contributed by atoms with Crippen molar-refractivity contribution in [2.45, 2.75) is 96.2 Å². The second-order valence-electron chi connectivity index (χ2n) is 14.5. The number of aromatic nitrogens is 2. The van der Waals surface area contributed by atoms with Gasteiger partial charge in [0.05, 0.1) is 29.4 Å². The van der Waals surface area contributed by atoms with Gasteiger partial charge in [-0.05, 0) is 107 Å². The molecule has 0 radical (unpaired) electrons. The van der Waals surface area contributed by atoms with Crippen LogP contribution in [0.15, 0.2) is 54.7 Å². The zero-order valence-corrected chi connectivity index (χ0v) is 27.7. The third-order valence-electron chi connectivity index (χ3n) is 8.91. The molecule has 48 heavy (non-hydrogen) atoms. The molecule has 0 spiro atoms. The van der Waals surface area contributed by atoms with Gasteiger partial charge in [-0.15, -0.1) is 0 Å². The van der Waals surface area contributed by atoms with Crippen LogP contribution in [-0.4, -0.2) is 61.1 Å². The highest BCUT2D eigenvalue weighted by molar-refractivity contribution is 5.99. The van der Waals surface area contributed by atoms with E-state index in [4.69, 9.17) is 4.74 Å². The lowest BCUT2D eigenvalue weighted by Gasteiger charge is -2.39. The van der Waals surface area contributed by atoms with Gasteiger partial charge in [-0.25, -0.2) is 13.6 Å². The molecule has 2 unspecified atom stereocenters. The van der Waals surface area contributed by atoms with Crippen LogP contribution in [0, 0.1) is 23.0 Å². The number of carbonyl (C=O) groups is 2. The summed E-state index contributed by atoms with van der Waals surface area (Å²) in [6, 6.07) is 13.7. The Morgan fingerprint density at radius 1 is 0.979 bits per heavy atom. The number of ether oxygens (including phenoxy) is 1. The molecule has 11 heteroatoms. The molecule has 2 fully saturated rings. The van der Waals surface area contributed by atoms with Crippen LogP contribution in [0.4, 0.5) is 13.6 Å². The summed E-state index contributed by atoms with van der Waals surface area (Å²) >= 11 is 0. The number of aliphatic hydroxyl groups is 1. The first-order valence-electron chi connectivity index (χ1n) is 16.1. The number of benzene rings is 3. The number of halogens is 2. The molecule has 0 saturated carbocycles. The highest BCUT2D eigenvalue weighted by Gasteiger charge is 2.44. The zero-order chi connectivity index (χ0) is 34.5. The largest absolute Gasteiger partial charge is 0.444 e. The summed E-state index contributed by atoms with van der Waals surface area (Å²) in [5, 5.41) is 27.6. The minimum Gasteiger partial charge on any atom is -0.444 e. The minimum atomic E-state index is -1.06. The molecule has 2 atom stereocenters. The lowest BCUT2D eigenvalue weighted by atomic mass is 9.90. The molecule has 3 heterocycles. The number of nitriles is 1. The maximum absolute atomic E-state index is 15.9. The quantitative estimate of drug-likeness (QED) is 0.232. The standard InChI is InChI=1S/C37H39F2N5O4/c1-36(2,3)48-35(46)42-25-15-26-9-10-27(16-25)44(26)34(45)22-8-11-28(29(12-22)21-6-7-23(18-40)31(38)14-21)30-13-24-19-41-43(20-37(4,5)47)33(24)17-32(30)39/h6-8,11-14,17,19,25-27,47H,9-10,15-16,20H2,1-5H3,(H,42,46). The van der Waals surface area contributed by atoms with Crippen LogP contribution in [0.1, 0.15) is 76.2 Å². The van der Waals surface area contributed by atoms with E-state index in [0.717, 1.165) is 12.8 Å². The van der Waals surface area contributed by atoms with Crippen molar-refractivity contribution in [2.24, 2.45) is 0 Å². The van der Waals surface area contributed by atoms with Crippen LogP contribution in [0.2, 0.25) is 0 Å². The zero-order valence-electron chi connectivity index (χ0n) is 27.7. The number of rotatable bonds is 6. The van der Waals surface area contributed by atoms with Crippen molar-refractivity contribution in [1.29, 1.82) is 5.26 Å². The molecule has 2 saturated heterocycles. The van der Waals surface area contributed by atoms with Gasteiger partial charge in [0.2, 0.25) is 0 Å². The van der Waals surface area contributed by atoms with Gasteiger partial charge in [-0.3, -0.25) is 9.48 Å². The monoisotopic (exact) mass is 655 g/mol. The Kier molecular flexibility index (Phi) is 8.50. The third kappa shape index (κ3) is 6.76. The Morgan fingerprint density at radius 3 is 2.31 bits per heavy atom. The van der Waals surface area contributed by atoms with Crippen LogP contribution < -0.4 is 5.32 Å². The first-order valence-corrected chi connectivity index (χ1v) is 16.1. The molecular weight excluding hydrogens is 616 g/mol. The van der Waals surface area contributed by atoms with Crippen molar-refractivity contribution in [3.63, 3.8) is 0 Å². The van der Waals surface area contributed by atoms with Crippen molar-refractivity contribution >= 4 is 22.9 Å². The summed E-state index contributed by atoms with van der Waals surface area (Å²) < 4.78 is 37.8. The molecular formula is C37H39F2N5O4. The number of amides is 2. The summed E-state index contributed by atoms with van der Waals surface area (Å²) in [5.74, 6) is -1.46. The molecule has 2 amide bonds. The van der Waals surface area contributed by atoms with Crippen molar-refractivity contribution in [3.8, 4) is 28.3 Å². The van der Waals surface area contributed by atoms with E-state index in [0.29, 0.717) is 46.0 Å². The van der Waals surface area contributed by atoms with Gasteiger partial charge in [-0.1, -0.05) is 12.1 Å². The number of nitrogens with zero attached hydrogens (tertiary/aromatic N) is 4. The minimum absolute atomic E-state index is 0.0769. The number of alkyl carbamates (subject to hydrolysis) is 1. The Bertz CT molecular complexity index is 1940. The van der Waals surface area contributed by atoms with E-state index in [1.165, 1.54) is 18.2 Å². The van der Waals surface area contributed by atoms with Crippen LogP contribution in [0.5, 0.6) is 0 Å². The van der Waals surface area contributed by atoms with E-state index >= 15 is 4.39 Å². The maximum Gasteiger partial charge on any atom is 0.407 e. The average molecular weight is 656 g/mol. The van der Waals surface area contributed by atoms with Crippen LogP contribution in [0.3, 0.4) is 0 Å². The molecule has 9 nitrogen and oxygen atoms in total. The van der Waals surface area contributed by atoms with E-state index in [1.807, 2.05) is 31.7 Å². The van der Waals surface area contributed by atoms with E-state index in [1.54, 1.807) is 55.1 Å². The van der Waals surface area contributed by atoms with Gasteiger partial charge in [0.25, 0.3) is 5.91 Å². The van der Waals surface area contributed by atoms with Crippen molar-refractivity contribution in [3.05, 3.63) is 77.5 Å². The van der Waals surface area contributed by atoms with E-state index in [9.17, 15) is 24.3 Å².